The molecule has 1 aliphatic rings. The number of nitro groups is 1. The van der Waals surface area contributed by atoms with E-state index < -0.39 is 16.9 Å². The summed E-state index contributed by atoms with van der Waals surface area (Å²) in [7, 11) is 0. The van der Waals surface area contributed by atoms with Crippen LogP contribution >= 0.6 is 34.5 Å². The Morgan fingerprint density at radius 2 is 1.90 bits per heavy atom. The van der Waals surface area contributed by atoms with E-state index in [0.29, 0.717) is 38.5 Å². The normalized spacial score (nSPS) is 13.9. The Bertz CT molecular complexity index is 1780. The number of aromatic nitrogens is 1. The van der Waals surface area contributed by atoms with Crippen LogP contribution in [-0.4, -0.2) is 40.0 Å². The topological polar surface area (TPSA) is 155 Å². The highest BCUT2D eigenvalue weighted by Gasteiger charge is 2.22. The Balaban J connectivity index is 1.67. The van der Waals surface area contributed by atoms with Crippen LogP contribution in [-0.2, 0) is 0 Å². The number of nitrogens with two attached hydrogens (primary N) is 1. The van der Waals surface area contributed by atoms with E-state index in [0.717, 1.165) is 5.56 Å². The Kier molecular flexibility index (Phi) is 7.97. The second-order valence-corrected chi connectivity index (χ2v) is 10.5. The van der Waals surface area contributed by atoms with Crippen molar-refractivity contribution in [1.29, 1.82) is 0 Å². The molecule has 0 radical (unpaired) electrons. The van der Waals surface area contributed by atoms with Gasteiger partial charge in [0.2, 0.25) is 4.80 Å². The maximum absolute atomic E-state index is 11.9. The lowest BCUT2D eigenvalue weighted by atomic mass is 10.1. The molecule has 0 saturated carbocycles. The molecule has 0 bridgehead atoms. The first-order valence-corrected chi connectivity index (χ1v) is 13.7. The molecule has 2 heterocycles. The standard InChI is InChI=1S/C27H21Cl2N5O6S/c1-14(18-4-3-17(28)10-20(18)29)32-27-33(22(13-41-27)15-2-5-23(35)19(8-15)26(30)36)31-12-16-9-24-25(40-7-6-39-24)11-21(16)34(37)38/h2-5,8-14,35H,6-7H2,1H3,(H2,30,36)/b31-12+,32-27?. The summed E-state index contributed by atoms with van der Waals surface area (Å²) in [6.45, 7) is 2.44. The van der Waals surface area contributed by atoms with E-state index >= 15 is 0 Å². The zero-order valence-corrected chi connectivity index (χ0v) is 23.6. The van der Waals surface area contributed by atoms with Crippen molar-refractivity contribution in [2.45, 2.75) is 13.0 Å². The smallest absolute Gasteiger partial charge is 0.282 e. The number of rotatable bonds is 7. The van der Waals surface area contributed by atoms with Gasteiger partial charge in [0.1, 0.15) is 19.0 Å². The van der Waals surface area contributed by atoms with Crippen LogP contribution in [0.3, 0.4) is 0 Å². The Labute approximate surface area is 246 Å². The summed E-state index contributed by atoms with van der Waals surface area (Å²) in [5.74, 6) is -0.442. The predicted octanol–water partition coefficient (Wildman–Crippen LogP) is 5.55. The molecule has 3 N–H and O–H groups in total. The number of thiazole rings is 1. The molecule has 0 saturated heterocycles. The van der Waals surface area contributed by atoms with Crippen molar-refractivity contribution in [3.63, 3.8) is 0 Å². The molecule has 14 heteroatoms. The number of primary amides is 1. The highest BCUT2D eigenvalue weighted by Crippen LogP contribution is 2.36. The predicted molar refractivity (Wildman–Crippen MR) is 155 cm³/mol. The quantitative estimate of drug-likeness (QED) is 0.158. The molecular formula is C27H21Cl2N5O6S. The maximum atomic E-state index is 11.9. The first-order chi connectivity index (χ1) is 19.6. The number of halogens is 2. The summed E-state index contributed by atoms with van der Waals surface area (Å²) < 4.78 is 12.6. The third kappa shape index (κ3) is 5.89. The summed E-state index contributed by atoms with van der Waals surface area (Å²) in [5, 5.41) is 29.2. The van der Waals surface area contributed by atoms with Crippen molar-refractivity contribution in [2.24, 2.45) is 15.8 Å². The van der Waals surface area contributed by atoms with Gasteiger partial charge in [-0.05, 0) is 48.9 Å². The third-order valence-electron chi connectivity index (χ3n) is 6.16. The molecule has 41 heavy (non-hydrogen) atoms. The van der Waals surface area contributed by atoms with Gasteiger partial charge < -0.3 is 20.3 Å². The monoisotopic (exact) mass is 613 g/mol. The fourth-order valence-electron chi connectivity index (χ4n) is 4.14. The van der Waals surface area contributed by atoms with Gasteiger partial charge >= 0.3 is 0 Å². The number of amides is 1. The fraction of sp³-hybridized carbons (Fsp3) is 0.148. The van der Waals surface area contributed by atoms with Crippen molar-refractivity contribution in [2.75, 3.05) is 13.2 Å². The van der Waals surface area contributed by atoms with Gasteiger partial charge in [-0.3, -0.25) is 14.9 Å². The van der Waals surface area contributed by atoms with Crippen molar-refractivity contribution < 1.29 is 24.3 Å². The molecule has 5 rings (SSSR count). The first kappa shape index (κ1) is 28.1. The van der Waals surface area contributed by atoms with Gasteiger partial charge in [0.05, 0.1) is 40.1 Å². The molecule has 0 fully saturated rings. The number of hydrogen-bond acceptors (Lipinski definition) is 9. The number of aromatic hydroxyl groups is 1. The number of hydrogen-bond donors (Lipinski definition) is 2. The summed E-state index contributed by atoms with van der Waals surface area (Å²) in [6, 6.07) is 11.8. The molecule has 1 aromatic heterocycles. The Hall–Kier alpha value is -4.39. The van der Waals surface area contributed by atoms with Crippen LogP contribution in [0.5, 0.6) is 17.2 Å². The molecular weight excluding hydrogens is 593 g/mol. The molecule has 0 spiro atoms. The van der Waals surface area contributed by atoms with Crippen molar-refractivity contribution in [3.8, 4) is 28.5 Å². The van der Waals surface area contributed by atoms with E-state index in [9.17, 15) is 20.0 Å². The molecule has 210 valence electrons. The van der Waals surface area contributed by atoms with Crippen LogP contribution in [0.4, 0.5) is 5.69 Å². The number of phenols is 1. The lowest BCUT2D eigenvalue weighted by Crippen LogP contribution is -2.16. The van der Waals surface area contributed by atoms with E-state index in [1.165, 1.54) is 46.5 Å². The minimum absolute atomic E-state index is 0.0773. The number of ether oxygens (including phenoxy) is 2. The number of nitrogens with zero attached hydrogens (tertiary/aromatic N) is 4. The summed E-state index contributed by atoms with van der Waals surface area (Å²) in [5.41, 5.74) is 7.02. The van der Waals surface area contributed by atoms with Crippen LogP contribution in [0, 0.1) is 10.1 Å². The zero-order valence-electron chi connectivity index (χ0n) is 21.3. The average molecular weight is 614 g/mol. The molecule has 1 amide bonds. The highest BCUT2D eigenvalue weighted by molar-refractivity contribution is 7.07. The van der Waals surface area contributed by atoms with E-state index in [-0.39, 0.29) is 34.9 Å². The van der Waals surface area contributed by atoms with Gasteiger partial charge in [0.25, 0.3) is 11.6 Å². The van der Waals surface area contributed by atoms with Gasteiger partial charge in [-0.15, -0.1) is 11.3 Å². The maximum Gasteiger partial charge on any atom is 0.282 e. The Morgan fingerprint density at radius 1 is 1.17 bits per heavy atom. The van der Waals surface area contributed by atoms with E-state index in [1.54, 1.807) is 29.6 Å². The summed E-state index contributed by atoms with van der Waals surface area (Å²) >= 11 is 13.7. The molecule has 4 aromatic rings. The van der Waals surface area contributed by atoms with Gasteiger partial charge in [0.15, 0.2) is 11.5 Å². The largest absolute Gasteiger partial charge is 0.507 e. The number of nitro benzene ring substituents is 1. The third-order valence-corrected chi connectivity index (χ3v) is 7.55. The number of benzene rings is 3. The Morgan fingerprint density at radius 3 is 2.59 bits per heavy atom. The van der Waals surface area contributed by atoms with Crippen LogP contribution < -0.4 is 20.0 Å². The number of carbonyl (C=O) groups excluding carboxylic acids is 1. The van der Waals surface area contributed by atoms with Crippen molar-refractivity contribution in [1.82, 2.24) is 4.68 Å². The second-order valence-electron chi connectivity index (χ2n) is 8.84. The van der Waals surface area contributed by atoms with Crippen molar-refractivity contribution >= 4 is 52.3 Å². The van der Waals surface area contributed by atoms with Gasteiger partial charge in [0, 0.05) is 21.0 Å². The molecule has 1 unspecified atom stereocenters. The van der Waals surface area contributed by atoms with Crippen LogP contribution in [0.1, 0.15) is 34.5 Å². The van der Waals surface area contributed by atoms with Crippen molar-refractivity contribution in [3.05, 3.63) is 95.6 Å². The highest BCUT2D eigenvalue weighted by atomic mass is 35.5. The number of fused-ring (bicyclic) bond motifs is 1. The minimum Gasteiger partial charge on any atom is -0.507 e. The van der Waals surface area contributed by atoms with E-state index in [4.69, 9.17) is 43.4 Å². The van der Waals surface area contributed by atoms with E-state index in [1.807, 2.05) is 6.92 Å². The van der Waals surface area contributed by atoms with Crippen LogP contribution in [0.25, 0.3) is 11.3 Å². The average Bonchev–Trinajstić information content (AvgIpc) is 3.33. The first-order valence-electron chi connectivity index (χ1n) is 12.1. The van der Waals surface area contributed by atoms with Gasteiger partial charge in [-0.1, -0.05) is 29.3 Å². The zero-order chi connectivity index (χ0) is 29.3. The fourth-order valence-corrected chi connectivity index (χ4v) is 5.63. The molecule has 0 aliphatic carbocycles. The number of carbonyl (C=O) groups is 1. The molecule has 3 aromatic carbocycles. The molecule has 11 nitrogen and oxygen atoms in total. The lowest BCUT2D eigenvalue weighted by molar-refractivity contribution is -0.385. The summed E-state index contributed by atoms with van der Waals surface area (Å²) in [6.07, 6.45) is 1.32. The van der Waals surface area contributed by atoms with Gasteiger partial charge in [-0.25, -0.2) is 9.67 Å². The lowest BCUT2D eigenvalue weighted by Gasteiger charge is -2.18. The van der Waals surface area contributed by atoms with Crippen LogP contribution in [0.15, 0.2) is 64.0 Å². The van der Waals surface area contributed by atoms with Crippen LogP contribution in [0.2, 0.25) is 10.0 Å². The molecule has 1 atom stereocenters. The second kappa shape index (κ2) is 11.6. The minimum atomic E-state index is -0.808. The van der Waals surface area contributed by atoms with Gasteiger partial charge in [-0.2, -0.15) is 5.10 Å². The van der Waals surface area contributed by atoms with E-state index in [2.05, 4.69) is 5.10 Å². The SMILES string of the molecule is CC(N=c1scc(-c2ccc(O)c(C(N)=O)c2)n1/N=C/c1cc2c(cc1[N+](=O)[O-])OCCO2)c1ccc(Cl)cc1Cl. The molecule has 1 aliphatic heterocycles. The summed E-state index contributed by atoms with van der Waals surface area (Å²) in [4.78, 5) is 28.4.